The molecular weight excluding hydrogens is 260 g/mol. The number of aliphatic hydroxyl groups is 1. The Bertz CT molecular complexity index is 511. The Hall–Kier alpha value is -2.20. The van der Waals surface area contributed by atoms with E-state index >= 15 is 0 Å². The normalized spacial score (nSPS) is 10.1. The first-order valence-corrected chi connectivity index (χ1v) is 5.33. The van der Waals surface area contributed by atoms with Gasteiger partial charge >= 0.3 is 12.6 Å². The van der Waals surface area contributed by atoms with Gasteiger partial charge in [-0.25, -0.2) is 4.79 Å². The summed E-state index contributed by atoms with van der Waals surface area (Å²) < 4.78 is 33.2. The lowest BCUT2D eigenvalue weighted by Gasteiger charge is -2.11. The fraction of sp³-hybridized carbons (Fsp3) is 0.333. The molecule has 0 saturated heterocycles. The molecule has 1 aromatic carbocycles. The molecule has 0 unspecified atom stereocenters. The van der Waals surface area contributed by atoms with Crippen LogP contribution in [0.15, 0.2) is 12.1 Å². The molecule has 0 spiro atoms. The van der Waals surface area contributed by atoms with Gasteiger partial charge in [0.15, 0.2) is 0 Å². The maximum absolute atomic E-state index is 12.2. The second-order valence-corrected chi connectivity index (χ2v) is 3.37. The number of ether oxygens (including phenoxy) is 2. The molecule has 0 aliphatic rings. The van der Waals surface area contributed by atoms with Crippen LogP contribution in [0.2, 0.25) is 0 Å². The van der Waals surface area contributed by atoms with E-state index in [0.29, 0.717) is 0 Å². The molecule has 0 saturated carbocycles. The number of esters is 1. The van der Waals surface area contributed by atoms with E-state index in [-0.39, 0.29) is 23.3 Å². The number of nitrogens with zero attached hydrogens (tertiary/aromatic N) is 1. The topological polar surface area (TPSA) is 79.6 Å². The monoisotopic (exact) mass is 271 g/mol. The fourth-order valence-electron chi connectivity index (χ4n) is 1.43. The summed E-state index contributed by atoms with van der Waals surface area (Å²) in [7, 11) is 0. The predicted molar refractivity (Wildman–Crippen MR) is 59.7 cm³/mol. The highest BCUT2D eigenvalue weighted by Crippen LogP contribution is 2.25. The first-order chi connectivity index (χ1) is 9.03. The minimum atomic E-state index is -3.10. The van der Waals surface area contributed by atoms with E-state index in [2.05, 4.69) is 4.74 Å². The van der Waals surface area contributed by atoms with Gasteiger partial charge in [0.1, 0.15) is 11.8 Å². The first kappa shape index (κ1) is 14.9. The quantitative estimate of drug-likeness (QED) is 0.826. The van der Waals surface area contributed by atoms with Gasteiger partial charge in [0.2, 0.25) is 0 Å². The number of alkyl halides is 2. The summed E-state index contributed by atoms with van der Waals surface area (Å²) in [5.74, 6) is -1.14. The van der Waals surface area contributed by atoms with Gasteiger partial charge in [-0.1, -0.05) is 0 Å². The standard InChI is InChI=1S/C12H11F2NO4/c1-2-18-11(17)9-3-7(5-15)10(19-12(13)14)4-8(9)6-16/h3-4,12,16H,2,6H2,1H3. The van der Waals surface area contributed by atoms with Crippen LogP contribution in [0, 0.1) is 11.3 Å². The van der Waals surface area contributed by atoms with E-state index in [1.165, 1.54) is 0 Å². The molecule has 0 aliphatic heterocycles. The van der Waals surface area contributed by atoms with E-state index < -0.39 is 24.9 Å². The lowest BCUT2D eigenvalue weighted by atomic mass is 10.0. The molecule has 102 valence electrons. The molecule has 0 aromatic heterocycles. The lowest BCUT2D eigenvalue weighted by molar-refractivity contribution is -0.0501. The molecule has 7 heteroatoms. The molecule has 0 amide bonds. The van der Waals surface area contributed by atoms with Crippen molar-refractivity contribution in [1.29, 1.82) is 5.26 Å². The number of halogens is 2. The van der Waals surface area contributed by atoms with Crippen molar-refractivity contribution in [3.8, 4) is 11.8 Å². The van der Waals surface area contributed by atoms with Crippen LogP contribution >= 0.6 is 0 Å². The zero-order valence-corrected chi connectivity index (χ0v) is 10.0. The smallest absolute Gasteiger partial charge is 0.387 e. The first-order valence-electron chi connectivity index (χ1n) is 5.33. The Balaban J connectivity index is 3.27. The van der Waals surface area contributed by atoms with Gasteiger partial charge in [0.05, 0.1) is 24.3 Å². The highest BCUT2D eigenvalue weighted by molar-refractivity contribution is 5.92. The fourth-order valence-corrected chi connectivity index (χ4v) is 1.43. The second kappa shape index (κ2) is 6.66. The van der Waals surface area contributed by atoms with Crippen molar-refractivity contribution in [2.45, 2.75) is 20.1 Å². The van der Waals surface area contributed by atoms with Gasteiger partial charge in [-0.3, -0.25) is 0 Å². The number of rotatable bonds is 5. The molecule has 1 rings (SSSR count). The van der Waals surface area contributed by atoms with Crippen LogP contribution in [0.1, 0.15) is 28.4 Å². The molecule has 1 N–H and O–H groups in total. The van der Waals surface area contributed by atoms with Gasteiger partial charge in [-0.15, -0.1) is 0 Å². The maximum atomic E-state index is 12.2. The van der Waals surface area contributed by atoms with Crippen LogP contribution in [0.4, 0.5) is 8.78 Å². The van der Waals surface area contributed by atoms with Crippen LogP contribution in [-0.4, -0.2) is 24.3 Å². The zero-order valence-electron chi connectivity index (χ0n) is 10.0. The number of hydrogen-bond donors (Lipinski definition) is 1. The molecule has 0 atom stereocenters. The highest BCUT2D eigenvalue weighted by Gasteiger charge is 2.18. The Labute approximate surface area is 108 Å². The average molecular weight is 271 g/mol. The lowest BCUT2D eigenvalue weighted by Crippen LogP contribution is -2.11. The molecule has 5 nitrogen and oxygen atoms in total. The van der Waals surface area contributed by atoms with E-state index in [4.69, 9.17) is 15.1 Å². The molecule has 0 fully saturated rings. The van der Waals surface area contributed by atoms with Crippen LogP contribution in [0.25, 0.3) is 0 Å². The number of hydrogen-bond acceptors (Lipinski definition) is 5. The van der Waals surface area contributed by atoms with Crippen molar-refractivity contribution >= 4 is 5.97 Å². The van der Waals surface area contributed by atoms with E-state index in [9.17, 15) is 13.6 Å². The van der Waals surface area contributed by atoms with Crippen molar-refractivity contribution in [1.82, 2.24) is 0 Å². The molecule has 0 bridgehead atoms. The summed E-state index contributed by atoms with van der Waals surface area (Å²) >= 11 is 0. The molecular formula is C12H11F2NO4. The van der Waals surface area contributed by atoms with Crippen molar-refractivity contribution in [3.05, 3.63) is 28.8 Å². The van der Waals surface area contributed by atoms with Crippen molar-refractivity contribution in [2.75, 3.05) is 6.61 Å². The van der Waals surface area contributed by atoms with Crippen molar-refractivity contribution in [2.24, 2.45) is 0 Å². The average Bonchev–Trinajstić information content (AvgIpc) is 2.37. The third-order valence-electron chi connectivity index (χ3n) is 2.21. The SMILES string of the molecule is CCOC(=O)c1cc(C#N)c(OC(F)F)cc1CO. The predicted octanol–water partition coefficient (Wildman–Crippen LogP) is 1.83. The van der Waals surface area contributed by atoms with E-state index in [1.807, 2.05) is 0 Å². The molecule has 0 radical (unpaired) electrons. The summed E-state index contributed by atoms with van der Waals surface area (Å²) in [4.78, 5) is 11.6. The number of carbonyl (C=O) groups is 1. The summed E-state index contributed by atoms with van der Waals surface area (Å²) in [5.41, 5.74) is -0.240. The van der Waals surface area contributed by atoms with Crippen LogP contribution in [-0.2, 0) is 11.3 Å². The summed E-state index contributed by atoms with van der Waals surface area (Å²) in [5, 5.41) is 18.0. The van der Waals surface area contributed by atoms with Crippen LogP contribution < -0.4 is 4.74 Å². The molecule has 1 aromatic rings. The summed E-state index contributed by atoms with van der Waals surface area (Å²) in [6.07, 6.45) is 0. The summed E-state index contributed by atoms with van der Waals surface area (Å²) in [6.45, 7) is -1.97. The van der Waals surface area contributed by atoms with Crippen molar-refractivity contribution < 1.29 is 28.2 Å². The third-order valence-corrected chi connectivity index (χ3v) is 2.21. The summed E-state index contributed by atoms with van der Waals surface area (Å²) in [6, 6.07) is 3.72. The number of aliphatic hydroxyl groups excluding tert-OH is 1. The largest absolute Gasteiger partial charge is 0.462 e. The number of nitriles is 1. The number of benzene rings is 1. The molecule has 0 heterocycles. The van der Waals surface area contributed by atoms with Crippen LogP contribution in [0.5, 0.6) is 5.75 Å². The molecule has 0 aliphatic carbocycles. The van der Waals surface area contributed by atoms with E-state index in [1.54, 1.807) is 13.0 Å². The Morgan fingerprint density at radius 1 is 1.53 bits per heavy atom. The zero-order chi connectivity index (χ0) is 14.4. The highest BCUT2D eigenvalue weighted by atomic mass is 19.3. The van der Waals surface area contributed by atoms with Gasteiger partial charge in [-0.2, -0.15) is 14.0 Å². The Morgan fingerprint density at radius 2 is 2.21 bits per heavy atom. The number of carbonyl (C=O) groups excluding carboxylic acids is 1. The van der Waals surface area contributed by atoms with Gasteiger partial charge in [0, 0.05) is 0 Å². The minimum absolute atomic E-state index is 0.0492. The van der Waals surface area contributed by atoms with Gasteiger partial charge < -0.3 is 14.6 Å². The maximum Gasteiger partial charge on any atom is 0.387 e. The molecule has 19 heavy (non-hydrogen) atoms. The Morgan fingerprint density at radius 3 is 2.68 bits per heavy atom. The van der Waals surface area contributed by atoms with Crippen LogP contribution in [0.3, 0.4) is 0 Å². The Kier molecular flexibility index (Phi) is 5.21. The third kappa shape index (κ3) is 3.63. The van der Waals surface area contributed by atoms with Crippen molar-refractivity contribution in [3.63, 3.8) is 0 Å². The van der Waals surface area contributed by atoms with Gasteiger partial charge in [0.25, 0.3) is 0 Å². The van der Waals surface area contributed by atoms with Gasteiger partial charge in [-0.05, 0) is 24.6 Å². The second-order valence-electron chi connectivity index (χ2n) is 3.37. The van der Waals surface area contributed by atoms with E-state index in [0.717, 1.165) is 12.1 Å². The minimum Gasteiger partial charge on any atom is -0.462 e.